The van der Waals surface area contributed by atoms with E-state index in [1.165, 1.54) is 42.7 Å². The summed E-state index contributed by atoms with van der Waals surface area (Å²) in [5.41, 5.74) is 2.29. The summed E-state index contributed by atoms with van der Waals surface area (Å²) in [4.78, 5) is 15.1. The van der Waals surface area contributed by atoms with Crippen LogP contribution in [0.4, 0.5) is 0 Å². The summed E-state index contributed by atoms with van der Waals surface area (Å²) in [5.74, 6) is 1.40. The van der Waals surface area contributed by atoms with Crippen molar-refractivity contribution in [3.8, 4) is 10.7 Å². The number of nitrogens with zero attached hydrogens (tertiary/aromatic N) is 3. The first-order chi connectivity index (χ1) is 10.3. The van der Waals surface area contributed by atoms with E-state index in [0.717, 1.165) is 29.1 Å². The molecule has 4 nitrogen and oxygen atoms in total. The Morgan fingerprint density at radius 3 is 3.00 bits per heavy atom. The third-order valence-corrected chi connectivity index (χ3v) is 5.45. The van der Waals surface area contributed by atoms with Crippen molar-refractivity contribution in [1.29, 1.82) is 0 Å². The van der Waals surface area contributed by atoms with E-state index in [4.69, 9.17) is 4.98 Å². The molecular formula is C16H20N4S. The number of fused-ring (bicyclic) bond motifs is 1. The van der Waals surface area contributed by atoms with Crippen LogP contribution in [0.1, 0.15) is 48.0 Å². The van der Waals surface area contributed by atoms with Gasteiger partial charge < -0.3 is 5.32 Å². The van der Waals surface area contributed by atoms with Crippen LogP contribution in [0.25, 0.3) is 10.7 Å². The van der Waals surface area contributed by atoms with Crippen LogP contribution in [0, 0.1) is 6.92 Å². The normalized spacial score (nSPS) is 21.3. The second-order valence-electron chi connectivity index (χ2n) is 6.09. The lowest BCUT2D eigenvalue weighted by molar-refractivity contribution is 0.500. The third-order valence-electron chi connectivity index (χ3n) is 4.30. The van der Waals surface area contributed by atoms with Gasteiger partial charge in [-0.05, 0) is 45.1 Å². The molecule has 110 valence electrons. The molecule has 5 heteroatoms. The Balaban J connectivity index is 1.60. The molecule has 1 saturated carbocycles. The molecule has 21 heavy (non-hydrogen) atoms. The van der Waals surface area contributed by atoms with Crippen molar-refractivity contribution < 1.29 is 0 Å². The van der Waals surface area contributed by atoms with Gasteiger partial charge >= 0.3 is 0 Å². The van der Waals surface area contributed by atoms with Gasteiger partial charge in [0, 0.05) is 29.6 Å². The predicted octanol–water partition coefficient (Wildman–Crippen LogP) is 3.08. The zero-order valence-corrected chi connectivity index (χ0v) is 13.1. The molecule has 2 aromatic heterocycles. The molecule has 0 aliphatic heterocycles. The van der Waals surface area contributed by atoms with E-state index in [-0.39, 0.29) is 0 Å². The Morgan fingerprint density at radius 2 is 2.19 bits per heavy atom. The standard InChI is InChI=1S/C16H20N4S/c1-10-17-8-7-13(19-10)16-20-15-11(9-18-12-5-6-12)3-2-4-14(15)21-16/h7-8,11-12,18H,2-6,9H2,1H3. The van der Waals surface area contributed by atoms with E-state index in [9.17, 15) is 0 Å². The Labute approximate surface area is 129 Å². The summed E-state index contributed by atoms with van der Waals surface area (Å²) in [5, 5.41) is 4.72. The molecule has 0 saturated heterocycles. The average molecular weight is 300 g/mol. The highest BCUT2D eigenvalue weighted by atomic mass is 32.1. The molecule has 0 radical (unpaired) electrons. The van der Waals surface area contributed by atoms with Crippen LogP contribution in [0.15, 0.2) is 12.3 Å². The lowest BCUT2D eigenvalue weighted by Crippen LogP contribution is -2.25. The van der Waals surface area contributed by atoms with E-state index >= 15 is 0 Å². The number of hydrogen-bond donors (Lipinski definition) is 1. The van der Waals surface area contributed by atoms with Crippen LogP contribution in [-0.2, 0) is 6.42 Å². The molecule has 0 aromatic carbocycles. The molecule has 0 spiro atoms. The average Bonchev–Trinajstić information content (AvgIpc) is 3.21. The van der Waals surface area contributed by atoms with Gasteiger partial charge in [0.1, 0.15) is 16.5 Å². The van der Waals surface area contributed by atoms with Crippen molar-refractivity contribution >= 4 is 11.3 Å². The highest BCUT2D eigenvalue weighted by molar-refractivity contribution is 7.15. The van der Waals surface area contributed by atoms with Gasteiger partial charge in [0.25, 0.3) is 0 Å². The topological polar surface area (TPSA) is 50.7 Å². The van der Waals surface area contributed by atoms with Crippen molar-refractivity contribution in [3.63, 3.8) is 0 Å². The number of thiazole rings is 1. The Morgan fingerprint density at radius 1 is 1.29 bits per heavy atom. The lowest BCUT2D eigenvalue weighted by Gasteiger charge is -2.21. The van der Waals surface area contributed by atoms with Crippen LogP contribution in [-0.4, -0.2) is 27.5 Å². The highest BCUT2D eigenvalue weighted by Crippen LogP contribution is 2.37. The summed E-state index contributed by atoms with van der Waals surface area (Å²) < 4.78 is 0. The monoisotopic (exact) mass is 300 g/mol. The maximum Gasteiger partial charge on any atom is 0.142 e. The fourth-order valence-corrected chi connectivity index (χ4v) is 4.15. The van der Waals surface area contributed by atoms with Gasteiger partial charge in [-0.3, -0.25) is 0 Å². The molecular weight excluding hydrogens is 280 g/mol. The summed E-state index contributed by atoms with van der Waals surface area (Å²) >= 11 is 1.82. The van der Waals surface area contributed by atoms with Crippen LogP contribution in [0.2, 0.25) is 0 Å². The fourth-order valence-electron chi connectivity index (χ4n) is 2.99. The summed E-state index contributed by atoms with van der Waals surface area (Å²) in [7, 11) is 0. The van der Waals surface area contributed by atoms with Crippen molar-refractivity contribution in [1.82, 2.24) is 20.3 Å². The SMILES string of the molecule is Cc1nccc(-c2nc3c(s2)CCCC3CNC2CC2)n1. The molecule has 0 bridgehead atoms. The van der Waals surface area contributed by atoms with E-state index in [1.54, 1.807) is 0 Å². The van der Waals surface area contributed by atoms with Gasteiger partial charge in [0.2, 0.25) is 0 Å². The number of aromatic nitrogens is 3. The van der Waals surface area contributed by atoms with E-state index in [2.05, 4.69) is 15.3 Å². The van der Waals surface area contributed by atoms with Gasteiger partial charge in [-0.1, -0.05) is 0 Å². The largest absolute Gasteiger partial charge is 0.313 e. The number of hydrogen-bond acceptors (Lipinski definition) is 5. The minimum absolute atomic E-state index is 0.585. The number of nitrogens with one attached hydrogen (secondary N) is 1. The molecule has 0 amide bonds. The Kier molecular flexibility index (Phi) is 3.47. The quantitative estimate of drug-likeness (QED) is 0.943. The summed E-state index contributed by atoms with van der Waals surface area (Å²) in [6.45, 7) is 3.02. The molecule has 1 fully saturated rings. The van der Waals surface area contributed by atoms with Crippen molar-refractivity contribution in [2.45, 2.75) is 51.0 Å². The van der Waals surface area contributed by atoms with E-state index in [1.807, 2.05) is 30.5 Å². The Hall–Kier alpha value is -1.33. The van der Waals surface area contributed by atoms with Crippen LogP contribution in [0.3, 0.4) is 0 Å². The third kappa shape index (κ3) is 2.85. The molecule has 2 aromatic rings. The van der Waals surface area contributed by atoms with Crippen molar-refractivity contribution in [3.05, 3.63) is 28.7 Å². The smallest absolute Gasteiger partial charge is 0.142 e. The summed E-state index contributed by atoms with van der Waals surface area (Å²) in [6, 6.07) is 2.74. The first-order valence-corrected chi connectivity index (χ1v) is 8.64. The van der Waals surface area contributed by atoms with Gasteiger partial charge in [0.05, 0.1) is 5.69 Å². The van der Waals surface area contributed by atoms with E-state index < -0.39 is 0 Å². The van der Waals surface area contributed by atoms with Gasteiger partial charge in [-0.2, -0.15) is 0 Å². The molecule has 2 aliphatic carbocycles. The second kappa shape index (κ2) is 5.46. The van der Waals surface area contributed by atoms with Gasteiger partial charge in [-0.15, -0.1) is 11.3 Å². The van der Waals surface area contributed by atoms with E-state index in [0.29, 0.717) is 5.92 Å². The van der Waals surface area contributed by atoms with Gasteiger partial charge in [-0.25, -0.2) is 15.0 Å². The van der Waals surface area contributed by atoms with Crippen molar-refractivity contribution in [2.75, 3.05) is 6.54 Å². The molecule has 1 unspecified atom stereocenters. The van der Waals surface area contributed by atoms with Crippen LogP contribution in [0.5, 0.6) is 0 Å². The number of aryl methyl sites for hydroxylation is 2. The zero-order chi connectivity index (χ0) is 14.2. The molecule has 2 aliphatic rings. The molecule has 1 atom stereocenters. The maximum atomic E-state index is 4.93. The lowest BCUT2D eigenvalue weighted by atomic mass is 9.91. The molecule has 1 N–H and O–H groups in total. The van der Waals surface area contributed by atoms with Crippen LogP contribution >= 0.6 is 11.3 Å². The highest BCUT2D eigenvalue weighted by Gasteiger charge is 2.28. The zero-order valence-electron chi connectivity index (χ0n) is 12.3. The second-order valence-corrected chi connectivity index (χ2v) is 7.17. The van der Waals surface area contributed by atoms with Crippen LogP contribution < -0.4 is 5.32 Å². The predicted molar refractivity (Wildman–Crippen MR) is 84.6 cm³/mol. The first kappa shape index (κ1) is 13.3. The minimum Gasteiger partial charge on any atom is -0.313 e. The Bertz CT molecular complexity index is 647. The summed E-state index contributed by atoms with van der Waals surface area (Å²) in [6.07, 6.45) is 8.25. The van der Waals surface area contributed by atoms with Gasteiger partial charge in [0.15, 0.2) is 0 Å². The molecule has 2 heterocycles. The number of rotatable bonds is 4. The fraction of sp³-hybridized carbons (Fsp3) is 0.562. The first-order valence-electron chi connectivity index (χ1n) is 7.82. The minimum atomic E-state index is 0.585. The maximum absolute atomic E-state index is 4.93. The molecule has 4 rings (SSSR count). The van der Waals surface area contributed by atoms with Crippen molar-refractivity contribution in [2.24, 2.45) is 0 Å².